The fraction of sp³-hybridized carbons (Fsp3) is 0.200. The molecule has 0 aliphatic rings. The van der Waals surface area contributed by atoms with Gasteiger partial charge in [0.1, 0.15) is 17.7 Å². The van der Waals surface area contributed by atoms with Crippen LogP contribution >= 0.6 is 0 Å². The normalized spacial score (nSPS) is 11.8. The van der Waals surface area contributed by atoms with Crippen LogP contribution < -0.4 is 4.74 Å². The lowest BCUT2D eigenvalue weighted by atomic mass is 10.0. The van der Waals surface area contributed by atoms with E-state index in [0.717, 1.165) is 5.56 Å². The van der Waals surface area contributed by atoms with Crippen molar-refractivity contribution >= 4 is 11.8 Å². The van der Waals surface area contributed by atoms with Gasteiger partial charge in [-0.25, -0.2) is 4.39 Å². The number of ether oxygens (including phenoxy) is 1. The van der Waals surface area contributed by atoms with Gasteiger partial charge >= 0.3 is 5.97 Å². The molecular weight excluding hydrogens is 397 g/mol. The Morgan fingerprint density at radius 3 is 2.26 bits per heavy atom. The molecule has 1 N–H and O–H groups in total. The first-order chi connectivity index (χ1) is 14.9. The molecule has 0 fully saturated rings. The molecule has 0 spiro atoms. The van der Waals surface area contributed by atoms with Crippen molar-refractivity contribution in [1.82, 2.24) is 4.90 Å². The molecule has 0 radical (unpaired) electrons. The van der Waals surface area contributed by atoms with E-state index in [-0.39, 0.29) is 24.0 Å². The van der Waals surface area contributed by atoms with Gasteiger partial charge in [-0.15, -0.1) is 0 Å². The van der Waals surface area contributed by atoms with Crippen LogP contribution in [0.1, 0.15) is 34.0 Å². The molecule has 1 unspecified atom stereocenters. The van der Waals surface area contributed by atoms with Crippen molar-refractivity contribution in [3.8, 4) is 5.75 Å². The molecule has 0 saturated heterocycles. The SMILES string of the molecule is CN(CCC(Oc1ccc(C(=O)c2ccccc2F)cc1)c1ccccc1)CC(=O)O. The third-order valence-corrected chi connectivity index (χ3v) is 4.86. The molecule has 0 amide bonds. The molecular formula is C25H24FNO4. The molecule has 5 nitrogen and oxygen atoms in total. The van der Waals surface area contributed by atoms with E-state index >= 15 is 0 Å². The van der Waals surface area contributed by atoms with Crippen LogP contribution in [-0.2, 0) is 4.79 Å². The van der Waals surface area contributed by atoms with E-state index in [9.17, 15) is 14.0 Å². The molecule has 3 rings (SSSR count). The maximum absolute atomic E-state index is 13.9. The lowest BCUT2D eigenvalue weighted by Gasteiger charge is -2.22. The topological polar surface area (TPSA) is 66.8 Å². The van der Waals surface area contributed by atoms with Gasteiger partial charge in [-0.3, -0.25) is 14.5 Å². The Morgan fingerprint density at radius 1 is 0.968 bits per heavy atom. The number of hydrogen-bond acceptors (Lipinski definition) is 4. The van der Waals surface area contributed by atoms with Gasteiger partial charge in [0.15, 0.2) is 5.78 Å². The Hall–Kier alpha value is -3.51. The zero-order valence-electron chi connectivity index (χ0n) is 17.2. The number of carbonyl (C=O) groups is 2. The Morgan fingerprint density at radius 2 is 1.61 bits per heavy atom. The number of carboxylic acid groups (broad SMARTS) is 1. The van der Waals surface area contributed by atoms with Gasteiger partial charge in [0.2, 0.25) is 0 Å². The van der Waals surface area contributed by atoms with Gasteiger partial charge in [0.25, 0.3) is 0 Å². The minimum absolute atomic E-state index is 0.0276. The van der Waals surface area contributed by atoms with Crippen LogP contribution in [-0.4, -0.2) is 41.9 Å². The summed E-state index contributed by atoms with van der Waals surface area (Å²) in [6.07, 6.45) is 0.300. The third kappa shape index (κ3) is 6.23. The summed E-state index contributed by atoms with van der Waals surface area (Å²) >= 11 is 0. The maximum atomic E-state index is 13.9. The number of halogens is 1. The molecule has 1 atom stereocenters. The van der Waals surface area contributed by atoms with E-state index in [2.05, 4.69) is 0 Å². The highest BCUT2D eigenvalue weighted by Gasteiger charge is 2.17. The largest absolute Gasteiger partial charge is 0.486 e. The number of hydrogen-bond donors (Lipinski definition) is 1. The van der Waals surface area contributed by atoms with Crippen molar-refractivity contribution in [3.05, 3.63) is 101 Å². The molecule has 0 heterocycles. The summed E-state index contributed by atoms with van der Waals surface area (Å²) in [5.74, 6) is -1.25. The second kappa shape index (κ2) is 10.5. The summed E-state index contributed by atoms with van der Waals surface area (Å²) in [5, 5.41) is 8.95. The van der Waals surface area contributed by atoms with Crippen molar-refractivity contribution in [3.63, 3.8) is 0 Å². The quantitative estimate of drug-likeness (QED) is 0.485. The number of nitrogens with zero attached hydrogens (tertiary/aromatic N) is 1. The number of ketones is 1. The highest BCUT2D eigenvalue weighted by Crippen LogP contribution is 2.26. The number of rotatable bonds is 10. The van der Waals surface area contributed by atoms with Crippen molar-refractivity contribution in [2.75, 3.05) is 20.1 Å². The van der Waals surface area contributed by atoms with Crippen molar-refractivity contribution in [1.29, 1.82) is 0 Å². The molecule has 0 aliphatic carbocycles. The molecule has 0 aliphatic heterocycles. The number of carboxylic acids is 1. The van der Waals surface area contributed by atoms with Crippen LogP contribution in [0.25, 0.3) is 0 Å². The van der Waals surface area contributed by atoms with E-state index in [1.165, 1.54) is 12.1 Å². The zero-order valence-corrected chi connectivity index (χ0v) is 17.2. The molecule has 3 aromatic carbocycles. The molecule has 31 heavy (non-hydrogen) atoms. The van der Waals surface area contributed by atoms with Crippen LogP contribution in [0.5, 0.6) is 5.75 Å². The smallest absolute Gasteiger partial charge is 0.317 e. The summed E-state index contributed by atoms with van der Waals surface area (Å²) in [7, 11) is 1.75. The fourth-order valence-corrected chi connectivity index (χ4v) is 3.26. The summed E-state index contributed by atoms with van der Waals surface area (Å²) < 4.78 is 20.1. The van der Waals surface area contributed by atoms with E-state index in [0.29, 0.717) is 24.3 Å². The second-order valence-electron chi connectivity index (χ2n) is 7.27. The van der Waals surface area contributed by atoms with E-state index in [1.807, 2.05) is 30.3 Å². The third-order valence-electron chi connectivity index (χ3n) is 4.86. The van der Waals surface area contributed by atoms with Crippen LogP contribution in [0, 0.1) is 5.82 Å². The summed E-state index contributed by atoms with van der Waals surface area (Å²) in [6, 6.07) is 22.2. The molecule has 0 saturated carbocycles. The van der Waals surface area contributed by atoms with Crippen molar-refractivity contribution < 1.29 is 23.8 Å². The van der Waals surface area contributed by atoms with Crippen LogP contribution in [0.2, 0.25) is 0 Å². The predicted octanol–water partition coefficient (Wildman–Crippen LogP) is 4.58. The maximum Gasteiger partial charge on any atom is 0.317 e. The molecule has 0 bridgehead atoms. The average Bonchev–Trinajstić information content (AvgIpc) is 2.77. The number of aliphatic carboxylic acids is 1. The molecule has 3 aromatic rings. The zero-order chi connectivity index (χ0) is 22.2. The van der Waals surface area contributed by atoms with E-state index in [4.69, 9.17) is 9.84 Å². The minimum atomic E-state index is -0.880. The van der Waals surface area contributed by atoms with Gasteiger partial charge in [-0.05, 0) is 49.0 Å². The first-order valence-corrected chi connectivity index (χ1v) is 9.95. The lowest BCUT2D eigenvalue weighted by Crippen LogP contribution is -2.28. The van der Waals surface area contributed by atoms with Crippen molar-refractivity contribution in [2.24, 2.45) is 0 Å². The Balaban J connectivity index is 1.73. The van der Waals surface area contributed by atoms with E-state index < -0.39 is 11.8 Å². The van der Waals surface area contributed by atoms with Gasteiger partial charge in [0, 0.05) is 18.5 Å². The Labute approximate surface area is 180 Å². The van der Waals surface area contributed by atoms with Gasteiger partial charge in [0.05, 0.1) is 12.1 Å². The monoisotopic (exact) mass is 421 g/mol. The van der Waals surface area contributed by atoms with E-state index in [1.54, 1.807) is 48.3 Å². The van der Waals surface area contributed by atoms with Crippen LogP contribution in [0.3, 0.4) is 0 Å². The summed E-state index contributed by atoms with van der Waals surface area (Å²) in [5.41, 5.74) is 1.37. The number of benzene rings is 3. The van der Waals surface area contributed by atoms with Gasteiger partial charge in [-0.2, -0.15) is 0 Å². The minimum Gasteiger partial charge on any atom is -0.486 e. The van der Waals surface area contributed by atoms with Crippen LogP contribution in [0.15, 0.2) is 78.9 Å². The first-order valence-electron chi connectivity index (χ1n) is 9.95. The molecule has 0 aromatic heterocycles. The summed E-state index contributed by atoms with van der Waals surface area (Å²) in [4.78, 5) is 25.2. The number of carbonyl (C=O) groups excluding carboxylic acids is 1. The fourth-order valence-electron chi connectivity index (χ4n) is 3.26. The predicted molar refractivity (Wildman–Crippen MR) is 116 cm³/mol. The highest BCUT2D eigenvalue weighted by atomic mass is 19.1. The standard InChI is InChI=1S/C25H24FNO4/c1-27(17-24(28)29)16-15-23(18-7-3-2-4-8-18)31-20-13-11-19(12-14-20)25(30)21-9-5-6-10-22(21)26/h2-14,23H,15-17H2,1H3,(H,28,29). The Bertz CT molecular complexity index is 1020. The van der Waals surface area contributed by atoms with Crippen molar-refractivity contribution in [2.45, 2.75) is 12.5 Å². The number of likely N-dealkylation sites (N-methyl/N-ethyl adjacent to an activating group) is 1. The average molecular weight is 421 g/mol. The summed E-state index contributed by atoms with van der Waals surface area (Å²) in [6.45, 7) is 0.490. The Kier molecular flexibility index (Phi) is 7.51. The first kappa shape index (κ1) is 22.2. The second-order valence-corrected chi connectivity index (χ2v) is 7.27. The highest BCUT2D eigenvalue weighted by molar-refractivity contribution is 6.09. The van der Waals surface area contributed by atoms with Gasteiger partial charge in [-0.1, -0.05) is 42.5 Å². The van der Waals surface area contributed by atoms with Crippen LogP contribution in [0.4, 0.5) is 4.39 Å². The lowest BCUT2D eigenvalue weighted by molar-refractivity contribution is -0.138. The molecule has 6 heteroatoms. The van der Waals surface area contributed by atoms with Gasteiger partial charge < -0.3 is 9.84 Å². The molecule has 160 valence electrons.